The zero-order valence-electron chi connectivity index (χ0n) is 8.45. The molecule has 0 unspecified atom stereocenters. The van der Waals surface area contributed by atoms with Crippen LogP contribution in [0.2, 0.25) is 0 Å². The van der Waals surface area contributed by atoms with Crippen LogP contribution >= 0.6 is 0 Å². The monoisotopic (exact) mass is 195 g/mol. The minimum Gasteiger partial charge on any atom is -0.458 e. The molecule has 78 valence electrons. The molecule has 0 spiro atoms. The molecule has 0 saturated carbocycles. The molecule has 1 aliphatic rings. The molecule has 0 amide bonds. The summed E-state index contributed by atoms with van der Waals surface area (Å²) in [5, 5.41) is 0. The molecule has 1 fully saturated rings. The zero-order chi connectivity index (χ0) is 10.2. The SMILES string of the molecule is C=CC(=O)OCC=CN1CCCCC1. The number of nitrogens with zero attached hydrogens (tertiary/aromatic N) is 1. The van der Waals surface area contributed by atoms with Gasteiger partial charge in [-0.3, -0.25) is 0 Å². The number of rotatable bonds is 4. The molecule has 0 bridgehead atoms. The fourth-order valence-corrected chi connectivity index (χ4v) is 1.45. The van der Waals surface area contributed by atoms with E-state index in [1.807, 2.05) is 12.3 Å². The van der Waals surface area contributed by atoms with Crippen LogP contribution in [0.25, 0.3) is 0 Å². The van der Waals surface area contributed by atoms with E-state index in [-0.39, 0.29) is 5.97 Å². The van der Waals surface area contributed by atoms with E-state index in [0.717, 1.165) is 13.1 Å². The van der Waals surface area contributed by atoms with E-state index < -0.39 is 0 Å². The molecule has 0 N–H and O–H groups in total. The Labute approximate surface area is 85.0 Å². The molecule has 0 aromatic heterocycles. The molecule has 1 heterocycles. The molecule has 0 atom stereocenters. The molecule has 3 nitrogen and oxygen atoms in total. The predicted octanol–water partition coefficient (Wildman–Crippen LogP) is 1.72. The first-order valence-corrected chi connectivity index (χ1v) is 5.03. The van der Waals surface area contributed by atoms with Gasteiger partial charge in [-0.25, -0.2) is 4.79 Å². The molecule has 1 aliphatic heterocycles. The zero-order valence-corrected chi connectivity index (χ0v) is 8.45. The van der Waals surface area contributed by atoms with Gasteiger partial charge in [0.25, 0.3) is 0 Å². The number of piperidine rings is 1. The molecule has 1 rings (SSSR count). The Bertz CT molecular complexity index is 217. The second kappa shape index (κ2) is 6.24. The summed E-state index contributed by atoms with van der Waals surface area (Å²) in [6, 6.07) is 0. The van der Waals surface area contributed by atoms with E-state index in [9.17, 15) is 4.79 Å². The van der Waals surface area contributed by atoms with Gasteiger partial charge in [-0.2, -0.15) is 0 Å². The Morgan fingerprint density at radius 1 is 1.36 bits per heavy atom. The van der Waals surface area contributed by atoms with Crippen molar-refractivity contribution in [1.29, 1.82) is 0 Å². The van der Waals surface area contributed by atoms with Crippen molar-refractivity contribution in [2.45, 2.75) is 19.3 Å². The van der Waals surface area contributed by atoms with Gasteiger partial charge in [0.15, 0.2) is 0 Å². The summed E-state index contributed by atoms with van der Waals surface area (Å²) in [5.74, 6) is -0.367. The minimum absolute atomic E-state index is 0.335. The summed E-state index contributed by atoms with van der Waals surface area (Å²) in [4.78, 5) is 12.9. The number of ether oxygens (including phenoxy) is 1. The van der Waals surface area contributed by atoms with Gasteiger partial charge < -0.3 is 9.64 Å². The van der Waals surface area contributed by atoms with Crippen molar-refractivity contribution in [3.63, 3.8) is 0 Å². The normalized spacial score (nSPS) is 17.0. The molecule has 1 saturated heterocycles. The maximum atomic E-state index is 10.7. The molecule has 3 heteroatoms. The topological polar surface area (TPSA) is 29.5 Å². The summed E-state index contributed by atoms with van der Waals surface area (Å²) >= 11 is 0. The van der Waals surface area contributed by atoms with Gasteiger partial charge in [0.05, 0.1) is 0 Å². The van der Waals surface area contributed by atoms with Gasteiger partial charge in [-0.05, 0) is 31.5 Å². The van der Waals surface area contributed by atoms with Crippen LogP contribution in [-0.4, -0.2) is 30.6 Å². The number of hydrogen-bond donors (Lipinski definition) is 0. The molecule has 0 aromatic carbocycles. The van der Waals surface area contributed by atoms with E-state index in [0.29, 0.717) is 6.61 Å². The highest BCUT2D eigenvalue weighted by Gasteiger charge is 2.04. The van der Waals surface area contributed by atoms with Crippen molar-refractivity contribution >= 4 is 5.97 Å². The number of carbonyl (C=O) groups excluding carboxylic acids is 1. The first-order chi connectivity index (χ1) is 6.83. The van der Waals surface area contributed by atoms with Crippen molar-refractivity contribution in [2.75, 3.05) is 19.7 Å². The van der Waals surface area contributed by atoms with E-state index >= 15 is 0 Å². The van der Waals surface area contributed by atoms with Crippen LogP contribution in [0.3, 0.4) is 0 Å². The lowest BCUT2D eigenvalue weighted by Crippen LogP contribution is -2.24. The third-order valence-corrected chi connectivity index (χ3v) is 2.20. The maximum Gasteiger partial charge on any atom is 0.330 e. The quantitative estimate of drug-likeness (QED) is 0.505. The highest BCUT2D eigenvalue weighted by molar-refractivity contribution is 5.81. The van der Waals surface area contributed by atoms with Gasteiger partial charge in [-0.15, -0.1) is 0 Å². The van der Waals surface area contributed by atoms with Crippen molar-refractivity contribution in [1.82, 2.24) is 4.90 Å². The van der Waals surface area contributed by atoms with Crippen LogP contribution in [0.1, 0.15) is 19.3 Å². The van der Waals surface area contributed by atoms with Gasteiger partial charge in [0.2, 0.25) is 0 Å². The van der Waals surface area contributed by atoms with Gasteiger partial charge >= 0.3 is 5.97 Å². The van der Waals surface area contributed by atoms with Crippen molar-refractivity contribution in [2.24, 2.45) is 0 Å². The third kappa shape index (κ3) is 4.12. The Balaban J connectivity index is 2.12. The number of esters is 1. The lowest BCUT2D eigenvalue weighted by molar-refractivity contribution is -0.136. The van der Waals surface area contributed by atoms with Crippen molar-refractivity contribution in [3.8, 4) is 0 Å². The summed E-state index contributed by atoms with van der Waals surface area (Å²) in [5.41, 5.74) is 0. The van der Waals surface area contributed by atoms with Crippen LogP contribution in [0.15, 0.2) is 24.9 Å². The molecular formula is C11H17NO2. The smallest absolute Gasteiger partial charge is 0.330 e. The summed E-state index contributed by atoms with van der Waals surface area (Å²) in [6.45, 7) is 5.89. The van der Waals surface area contributed by atoms with Crippen LogP contribution in [0.4, 0.5) is 0 Å². The predicted molar refractivity (Wildman–Crippen MR) is 55.7 cm³/mol. The Morgan fingerprint density at radius 3 is 2.71 bits per heavy atom. The third-order valence-electron chi connectivity index (χ3n) is 2.20. The van der Waals surface area contributed by atoms with Crippen molar-refractivity contribution in [3.05, 3.63) is 24.9 Å². The lowest BCUT2D eigenvalue weighted by atomic mass is 10.1. The largest absolute Gasteiger partial charge is 0.458 e. The molecule has 0 radical (unpaired) electrons. The second-order valence-corrected chi connectivity index (χ2v) is 3.32. The standard InChI is InChI=1S/C11H17NO2/c1-2-11(13)14-10-6-9-12-7-4-3-5-8-12/h2,6,9H,1,3-5,7-8,10H2. The van der Waals surface area contributed by atoms with Crippen LogP contribution < -0.4 is 0 Å². The maximum absolute atomic E-state index is 10.7. The summed E-state index contributed by atoms with van der Waals surface area (Å²) in [7, 11) is 0. The molecular weight excluding hydrogens is 178 g/mol. The van der Waals surface area contributed by atoms with Gasteiger partial charge in [0, 0.05) is 19.2 Å². The molecule has 14 heavy (non-hydrogen) atoms. The first-order valence-electron chi connectivity index (χ1n) is 5.03. The van der Waals surface area contributed by atoms with Crippen LogP contribution in [-0.2, 0) is 9.53 Å². The van der Waals surface area contributed by atoms with E-state index in [1.54, 1.807) is 0 Å². The molecule has 0 aromatic rings. The van der Waals surface area contributed by atoms with Crippen molar-refractivity contribution < 1.29 is 9.53 Å². The van der Waals surface area contributed by atoms with Gasteiger partial charge in [-0.1, -0.05) is 6.58 Å². The van der Waals surface area contributed by atoms with Crippen LogP contribution in [0.5, 0.6) is 0 Å². The number of carbonyl (C=O) groups is 1. The average Bonchev–Trinajstić information content (AvgIpc) is 2.25. The number of hydrogen-bond acceptors (Lipinski definition) is 3. The fourth-order valence-electron chi connectivity index (χ4n) is 1.45. The highest BCUT2D eigenvalue weighted by Crippen LogP contribution is 2.08. The Hall–Kier alpha value is -1.25. The van der Waals surface area contributed by atoms with E-state index in [2.05, 4.69) is 11.5 Å². The summed E-state index contributed by atoms with van der Waals surface area (Å²) in [6.07, 6.45) is 8.90. The van der Waals surface area contributed by atoms with Gasteiger partial charge in [0.1, 0.15) is 6.61 Å². The van der Waals surface area contributed by atoms with E-state index in [4.69, 9.17) is 4.74 Å². The molecule has 0 aliphatic carbocycles. The Kier molecular flexibility index (Phi) is 4.83. The number of likely N-dealkylation sites (tertiary alicyclic amines) is 1. The van der Waals surface area contributed by atoms with Crippen LogP contribution in [0, 0.1) is 0 Å². The highest BCUT2D eigenvalue weighted by atomic mass is 16.5. The summed E-state index contributed by atoms with van der Waals surface area (Å²) < 4.78 is 4.81. The van der Waals surface area contributed by atoms with E-state index in [1.165, 1.54) is 25.3 Å². The fraction of sp³-hybridized carbons (Fsp3) is 0.545. The lowest BCUT2D eigenvalue weighted by Gasteiger charge is -2.24. The first kappa shape index (κ1) is 10.8. The second-order valence-electron chi connectivity index (χ2n) is 3.32. The average molecular weight is 195 g/mol. The Morgan fingerprint density at radius 2 is 2.07 bits per heavy atom. The minimum atomic E-state index is -0.367.